The third-order valence-corrected chi connectivity index (χ3v) is 6.12. The van der Waals surface area contributed by atoms with E-state index in [0.717, 1.165) is 24.6 Å². The summed E-state index contributed by atoms with van der Waals surface area (Å²) in [6.07, 6.45) is 5.82. The predicted molar refractivity (Wildman–Crippen MR) is 101 cm³/mol. The van der Waals surface area contributed by atoms with Crippen LogP contribution < -0.4 is 10.5 Å². The zero-order valence-electron chi connectivity index (χ0n) is 15.4. The van der Waals surface area contributed by atoms with Gasteiger partial charge in [0.2, 0.25) is 0 Å². The smallest absolute Gasteiger partial charge is 0.263 e. The standard InChI is InChI=1S/C20H23N5O2/c1-23-6-2-3-16(19(23)26)20(27)25-10-14-8-24(9-15(14)11-25)18-7-17(13-4-5-13)21-12-22-18/h2-3,6-7,12-15H,4-5,8-11H2,1H3. The Balaban J connectivity index is 1.28. The largest absolute Gasteiger partial charge is 0.356 e. The maximum absolute atomic E-state index is 12.8. The SMILES string of the molecule is Cn1cccc(C(=O)N2CC3CN(c4cc(C5CC5)ncn4)CC3C2)c1=O. The molecule has 2 aromatic heterocycles. The van der Waals surface area contributed by atoms with Gasteiger partial charge in [-0.1, -0.05) is 0 Å². The molecule has 0 spiro atoms. The molecule has 7 nitrogen and oxygen atoms in total. The topological polar surface area (TPSA) is 71.3 Å². The highest BCUT2D eigenvalue weighted by Gasteiger charge is 2.42. The van der Waals surface area contributed by atoms with E-state index < -0.39 is 0 Å². The van der Waals surface area contributed by atoms with Crippen LogP contribution >= 0.6 is 0 Å². The maximum atomic E-state index is 12.8. The predicted octanol–water partition coefficient (Wildman–Crippen LogP) is 1.26. The summed E-state index contributed by atoms with van der Waals surface area (Å²) in [6, 6.07) is 5.51. The summed E-state index contributed by atoms with van der Waals surface area (Å²) in [7, 11) is 1.67. The number of aryl methyl sites for hydroxylation is 1. The van der Waals surface area contributed by atoms with Gasteiger partial charge in [-0.25, -0.2) is 9.97 Å². The summed E-state index contributed by atoms with van der Waals surface area (Å²) in [5.41, 5.74) is 1.20. The molecule has 3 aliphatic rings. The van der Waals surface area contributed by atoms with E-state index in [2.05, 4.69) is 20.9 Å². The maximum Gasteiger partial charge on any atom is 0.263 e. The number of anilines is 1. The Morgan fingerprint density at radius 1 is 1.11 bits per heavy atom. The quantitative estimate of drug-likeness (QED) is 0.819. The van der Waals surface area contributed by atoms with Crippen molar-refractivity contribution in [3.63, 3.8) is 0 Å². The molecule has 2 atom stereocenters. The highest BCUT2D eigenvalue weighted by atomic mass is 16.2. The molecule has 7 heteroatoms. The lowest BCUT2D eigenvalue weighted by atomic mass is 10.0. The molecule has 0 bridgehead atoms. The zero-order valence-corrected chi connectivity index (χ0v) is 15.4. The van der Waals surface area contributed by atoms with Crippen molar-refractivity contribution in [2.75, 3.05) is 31.1 Å². The van der Waals surface area contributed by atoms with E-state index in [9.17, 15) is 9.59 Å². The molecule has 2 unspecified atom stereocenters. The molecule has 27 heavy (non-hydrogen) atoms. The van der Waals surface area contributed by atoms with Gasteiger partial charge in [-0.2, -0.15) is 0 Å². The summed E-state index contributed by atoms with van der Waals surface area (Å²) in [4.78, 5) is 38.1. The van der Waals surface area contributed by atoms with Crippen LogP contribution in [0.2, 0.25) is 0 Å². The van der Waals surface area contributed by atoms with E-state index in [1.807, 2.05) is 4.90 Å². The summed E-state index contributed by atoms with van der Waals surface area (Å²) in [5.74, 6) is 2.35. The van der Waals surface area contributed by atoms with E-state index in [4.69, 9.17) is 0 Å². The number of pyridine rings is 1. The van der Waals surface area contributed by atoms with Gasteiger partial charge >= 0.3 is 0 Å². The zero-order chi connectivity index (χ0) is 18.5. The van der Waals surface area contributed by atoms with Gasteiger partial charge in [-0.05, 0) is 25.0 Å². The molecule has 140 valence electrons. The molecular formula is C20H23N5O2. The lowest BCUT2D eigenvalue weighted by molar-refractivity contribution is 0.0780. The first kappa shape index (κ1) is 16.5. The minimum absolute atomic E-state index is 0.143. The van der Waals surface area contributed by atoms with Gasteiger partial charge in [-0.3, -0.25) is 9.59 Å². The second-order valence-corrected chi connectivity index (χ2v) is 8.05. The second kappa shape index (κ2) is 6.18. The molecule has 2 aliphatic heterocycles. The fourth-order valence-corrected chi connectivity index (χ4v) is 4.41. The van der Waals surface area contributed by atoms with Crippen LogP contribution in [0.5, 0.6) is 0 Å². The first-order valence-corrected chi connectivity index (χ1v) is 9.62. The van der Waals surface area contributed by atoms with E-state index >= 15 is 0 Å². The van der Waals surface area contributed by atoms with Crippen molar-refractivity contribution < 1.29 is 4.79 Å². The number of hydrogen-bond donors (Lipinski definition) is 0. The number of nitrogens with zero attached hydrogens (tertiary/aromatic N) is 5. The molecule has 5 rings (SSSR count). The Hall–Kier alpha value is -2.70. The first-order valence-electron chi connectivity index (χ1n) is 9.62. The molecule has 0 N–H and O–H groups in total. The van der Waals surface area contributed by atoms with Crippen LogP contribution in [0.1, 0.15) is 34.8 Å². The summed E-state index contributed by atoms with van der Waals surface area (Å²) >= 11 is 0. The van der Waals surface area contributed by atoms with Gasteiger partial charge in [0, 0.05) is 68.9 Å². The summed E-state index contributed by atoms with van der Waals surface area (Å²) in [5, 5.41) is 0. The Labute approximate surface area is 157 Å². The molecule has 1 saturated carbocycles. The van der Waals surface area contributed by atoms with Crippen molar-refractivity contribution in [3.8, 4) is 0 Å². The fourth-order valence-electron chi connectivity index (χ4n) is 4.41. The van der Waals surface area contributed by atoms with Crippen molar-refractivity contribution in [1.29, 1.82) is 0 Å². The van der Waals surface area contributed by atoms with Crippen LogP contribution in [0, 0.1) is 11.8 Å². The van der Waals surface area contributed by atoms with Gasteiger partial charge in [0.05, 0.1) is 0 Å². The number of amides is 1. The van der Waals surface area contributed by atoms with Crippen LogP contribution in [-0.2, 0) is 7.05 Å². The molecule has 2 saturated heterocycles. The number of aromatic nitrogens is 3. The molecule has 0 aromatic carbocycles. The second-order valence-electron chi connectivity index (χ2n) is 8.05. The van der Waals surface area contributed by atoms with Crippen LogP contribution in [0.4, 0.5) is 5.82 Å². The van der Waals surface area contributed by atoms with Crippen molar-refractivity contribution in [2.24, 2.45) is 18.9 Å². The number of rotatable bonds is 3. The van der Waals surface area contributed by atoms with Crippen molar-refractivity contribution in [3.05, 3.63) is 52.3 Å². The molecule has 1 amide bonds. The fraction of sp³-hybridized carbons (Fsp3) is 0.500. The average molecular weight is 365 g/mol. The molecule has 2 aromatic rings. The Morgan fingerprint density at radius 2 is 1.85 bits per heavy atom. The van der Waals surface area contributed by atoms with Gasteiger partial charge in [0.1, 0.15) is 17.7 Å². The number of likely N-dealkylation sites (tertiary alicyclic amines) is 1. The van der Waals surface area contributed by atoms with E-state index in [-0.39, 0.29) is 17.0 Å². The van der Waals surface area contributed by atoms with Crippen LogP contribution in [-0.4, -0.2) is 51.5 Å². The molecule has 0 radical (unpaired) electrons. The average Bonchev–Trinajstić information content (AvgIpc) is 3.33. The third kappa shape index (κ3) is 2.91. The molecule has 1 aliphatic carbocycles. The minimum Gasteiger partial charge on any atom is -0.356 e. The first-order chi connectivity index (χ1) is 13.1. The molecule has 3 fully saturated rings. The van der Waals surface area contributed by atoms with E-state index in [1.165, 1.54) is 17.4 Å². The highest BCUT2D eigenvalue weighted by Crippen LogP contribution is 2.40. The van der Waals surface area contributed by atoms with Crippen LogP contribution in [0.3, 0.4) is 0 Å². The number of fused-ring (bicyclic) bond motifs is 1. The van der Waals surface area contributed by atoms with Crippen LogP contribution in [0.15, 0.2) is 35.5 Å². The van der Waals surface area contributed by atoms with E-state index in [0.29, 0.717) is 30.8 Å². The molecule has 4 heterocycles. The van der Waals surface area contributed by atoms with Gasteiger partial charge in [-0.15, -0.1) is 0 Å². The number of hydrogen-bond acceptors (Lipinski definition) is 5. The third-order valence-electron chi connectivity index (χ3n) is 6.12. The number of carbonyl (C=O) groups excluding carboxylic acids is 1. The van der Waals surface area contributed by atoms with Crippen molar-refractivity contribution in [2.45, 2.75) is 18.8 Å². The van der Waals surface area contributed by atoms with Gasteiger partial charge < -0.3 is 14.4 Å². The molecular weight excluding hydrogens is 342 g/mol. The summed E-state index contributed by atoms with van der Waals surface area (Å²) < 4.78 is 1.46. The minimum atomic E-state index is -0.227. The normalized spacial score (nSPS) is 24.3. The van der Waals surface area contributed by atoms with Crippen molar-refractivity contribution in [1.82, 2.24) is 19.4 Å². The Bertz CT molecular complexity index is 937. The Kier molecular flexibility index (Phi) is 3.77. The monoisotopic (exact) mass is 365 g/mol. The van der Waals surface area contributed by atoms with Gasteiger partial charge in [0.25, 0.3) is 11.5 Å². The Morgan fingerprint density at radius 3 is 2.56 bits per heavy atom. The van der Waals surface area contributed by atoms with Crippen LogP contribution in [0.25, 0.3) is 0 Å². The highest BCUT2D eigenvalue weighted by molar-refractivity contribution is 5.94. The number of carbonyl (C=O) groups is 1. The lowest BCUT2D eigenvalue weighted by Gasteiger charge is -2.22. The van der Waals surface area contributed by atoms with E-state index in [1.54, 1.807) is 31.7 Å². The lowest BCUT2D eigenvalue weighted by Crippen LogP contribution is -2.37. The van der Waals surface area contributed by atoms with Gasteiger partial charge in [0.15, 0.2) is 0 Å². The summed E-state index contributed by atoms with van der Waals surface area (Å²) in [6.45, 7) is 3.22. The van der Waals surface area contributed by atoms with Crippen molar-refractivity contribution >= 4 is 11.7 Å².